The molecule has 14 heavy (non-hydrogen) atoms. The van der Waals surface area contributed by atoms with Crippen molar-refractivity contribution in [3.05, 3.63) is 0 Å². The maximum absolute atomic E-state index is 12.2. The van der Waals surface area contributed by atoms with Gasteiger partial charge >= 0.3 is 6.18 Å². The summed E-state index contributed by atoms with van der Waals surface area (Å²) in [6.45, 7) is 4.60. The molecule has 0 aromatic heterocycles. The molecule has 0 saturated carbocycles. The third kappa shape index (κ3) is 3.86. The lowest BCUT2D eigenvalue weighted by Gasteiger charge is -2.24. The van der Waals surface area contributed by atoms with Gasteiger partial charge in [0.1, 0.15) is 0 Å². The van der Waals surface area contributed by atoms with Gasteiger partial charge in [-0.15, -0.1) is 0 Å². The van der Waals surface area contributed by atoms with E-state index in [9.17, 15) is 13.2 Å². The van der Waals surface area contributed by atoms with Crippen molar-refractivity contribution in [2.24, 2.45) is 11.8 Å². The van der Waals surface area contributed by atoms with Crippen LogP contribution >= 0.6 is 0 Å². The molecule has 0 aliphatic carbocycles. The quantitative estimate of drug-likeness (QED) is 0.641. The SMILES string of the molecule is CC1CCCN(CC(F)(F)F)CC1C. The summed E-state index contributed by atoms with van der Waals surface area (Å²) >= 11 is 0. The van der Waals surface area contributed by atoms with E-state index in [0.29, 0.717) is 24.9 Å². The Hall–Kier alpha value is -0.250. The summed E-state index contributed by atoms with van der Waals surface area (Å²) < 4.78 is 36.5. The van der Waals surface area contributed by atoms with Crippen LogP contribution < -0.4 is 0 Å². The number of halogens is 3. The number of nitrogens with zero attached hydrogens (tertiary/aromatic N) is 1. The first-order valence-electron chi connectivity index (χ1n) is 5.17. The van der Waals surface area contributed by atoms with Crippen LogP contribution in [0.25, 0.3) is 0 Å². The predicted molar refractivity (Wildman–Crippen MR) is 50.1 cm³/mol. The van der Waals surface area contributed by atoms with E-state index in [1.807, 2.05) is 6.92 Å². The van der Waals surface area contributed by atoms with E-state index in [-0.39, 0.29) is 0 Å². The van der Waals surface area contributed by atoms with Crippen LogP contribution in [0.1, 0.15) is 26.7 Å². The maximum atomic E-state index is 12.2. The van der Waals surface area contributed by atoms with Gasteiger partial charge in [-0.05, 0) is 31.2 Å². The largest absolute Gasteiger partial charge is 0.401 e. The van der Waals surface area contributed by atoms with Crippen LogP contribution in [0.3, 0.4) is 0 Å². The van der Waals surface area contributed by atoms with Gasteiger partial charge < -0.3 is 0 Å². The Morgan fingerprint density at radius 3 is 2.43 bits per heavy atom. The topological polar surface area (TPSA) is 3.24 Å². The van der Waals surface area contributed by atoms with Crippen molar-refractivity contribution in [3.63, 3.8) is 0 Å². The molecule has 0 radical (unpaired) electrons. The number of likely N-dealkylation sites (tertiary alicyclic amines) is 1. The van der Waals surface area contributed by atoms with Gasteiger partial charge in [0.25, 0.3) is 0 Å². The lowest BCUT2D eigenvalue weighted by atomic mass is 9.93. The summed E-state index contributed by atoms with van der Waals surface area (Å²) in [5.74, 6) is 0.924. The summed E-state index contributed by atoms with van der Waals surface area (Å²) in [5, 5.41) is 0. The third-order valence-electron chi connectivity index (χ3n) is 3.05. The molecule has 2 atom stereocenters. The Morgan fingerprint density at radius 1 is 1.21 bits per heavy atom. The van der Waals surface area contributed by atoms with Gasteiger partial charge in [-0.25, -0.2) is 0 Å². The van der Waals surface area contributed by atoms with Crippen molar-refractivity contribution < 1.29 is 13.2 Å². The van der Waals surface area contributed by atoms with E-state index in [2.05, 4.69) is 6.92 Å². The highest BCUT2D eigenvalue weighted by molar-refractivity contribution is 4.74. The molecule has 0 N–H and O–H groups in total. The second-order valence-electron chi connectivity index (χ2n) is 4.45. The average molecular weight is 209 g/mol. The number of alkyl halides is 3. The molecule has 0 bridgehead atoms. The normalized spacial score (nSPS) is 31.5. The molecule has 0 amide bonds. The summed E-state index contributed by atoms with van der Waals surface area (Å²) in [4.78, 5) is 1.54. The average Bonchev–Trinajstić information content (AvgIpc) is 2.12. The molecule has 0 spiro atoms. The van der Waals surface area contributed by atoms with E-state index in [1.165, 1.54) is 4.90 Å². The standard InChI is InChI=1S/C10H18F3N/c1-8-4-3-5-14(6-9(8)2)7-10(11,12)13/h8-9H,3-7H2,1-2H3. The molecule has 1 aliphatic rings. The van der Waals surface area contributed by atoms with Crippen LogP contribution in [0.4, 0.5) is 13.2 Å². The second kappa shape index (κ2) is 4.51. The first-order valence-corrected chi connectivity index (χ1v) is 5.17. The minimum absolute atomic E-state index is 0.375. The Balaban J connectivity index is 2.46. The molecule has 1 nitrogen and oxygen atoms in total. The summed E-state index contributed by atoms with van der Waals surface area (Å²) in [6.07, 6.45) is -2.11. The van der Waals surface area contributed by atoms with Crippen LogP contribution in [-0.4, -0.2) is 30.7 Å². The van der Waals surface area contributed by atoms with Gasteiger partial charge in [-0.1, -0.05) is 13.8 Å². The van der Waals surface area contributed by atoms with Crippen LogP contribution in [0.5, 0.6) is 0 Å². The van der Waals surface area contributed by atoms with Crippen molar-refractivity contribution in [1.82, 2.24) is 4.90 Å². The van der Waals surface area contributed by atoms with Crippen LogP contribution in [-0.2, 0) is 0 Å². The summed E-state index contributed by atoms with van der Waals surface area (Å²) in [5.41, 5.74) is 0. The molecule has 1 fully saturated rings. The van der Waals surface area contributed by atoms with Crippen LogP contribution in [0.15, 0.2) is 0 Å². The Bertz CT molecular complexity index is 179. The van der Waals surface area contributed by atoms with E-state index in [0.717, 1.165) is 12.8 Å². The molecule has 84 valence electrons. The van der Waals surface area contributed by atoms with Gasteiger partial charge in [0.2, 0.25) is 0 Å². The van der Waals surface area contributed by atoms with Gasteiger partial charge in [-0.3, -0.25) is 4.90 Å². The summed E-state index contributed by atoms with van der Waals surface area (Å²) in [7, 11) is 0. The zero-order chi connectivity index (χ0) is 10.8. The minimum atomic E-state index is -4.05. The van der Waals surface area contributed by atoms with E-state index in [4.69, 9.17) is 0 Å². The van der Waals surface area contributed by atoms with Gasteiger partial charge in [0.15, 0.2) is 0 Å². The summed E-state index contributed by atoms with van der Waals surface area (Å²) in [6, 6.07) is 0. The number of hydrogen-bond acceptors (Lipinski definition) is 1. The molecule has 1 heterocycles. The van der Waals surface area contributed by atoms with Crippen LogP contribution in [0.2, 0.25) is 0 Å². The second-order valence-corrected chi connectivity index (χ2v) is 4.45. The molecular weight excluding hydrogens is 191 g/mol. The zero-order valence-electron chi connectivity index (χ0n) is 8.77. The predicted octanol–water partition coefficient (Wildman–Crippen LogP) is 2.92. The van der Waals surface area contributed by atoms with E-state index >= 15 is 0 Å². The Kier molecular flexibility index (Phi) is 3.81. The first-order chi connectivity index (χ1) is 6.38. The molecule has 1 saturated heterocycles. The highest BCUT2D eigenvalue weighted by Crippen LogP contribution is 2.25. The lowest BCUT2D eigenvalue weighted by molar-refractivity contribution is -0.146. The van der Waals surface area contributed by atoms with Gasteiger partial charge in [-0.2, -0.15) is 13.2 Å². The highest BCUT2D eigenvalue weighted by Gasteiger charge is 2.32. The van der Waals surface area contributed by atoms with E-state index < -0.39 is 12.7 Å². The Morgan fingerprint density at radius 2 is 1.86 bits per heavy atom. The maximum Gasteiger partial charge on any atom is 0.401 e. The Labute approximate surface area is 83.3 Å². The van der Waals surface area contributed by atoms with Crippen molar-refractivity contribution in [1.29, 1.82) is 0 Å². The number of hydrogen-bond donors (Lipinski definition) is 0. The molecular formula is C10H18F3N. The molecule has 4 heteroatoms. The molecule has 2 unspecified atom stereocenters. The highest BCUT2D eigenvalue weighted by atomic mass is 19.4. The van der Waals surface area contributed by atoms with Crippen LogP contribution in [0, 0.1) is 11.8 Å². The molecule has 1 aliphatic heterocycles. The van der Waals surface area contributed by atoms with Crippen molar-refractivity contribution in [3.8, 4) is 0 Å². The third-order valence-corrected chi connectivity index (χ3v) is 3.05. The minimum Gasteiger partial charge on any atom is -0.295 e. The fraction of sp³-hybridized carbons (Fsp3) is 1.00. The monoisotopic (exact) mass is 209 g/mol. The van der Waals surface area contributed by atoms with Gasteiger partial charge in [0.05, 0.1) is 6.54 Å². The smallest absolute Gasteiger partial charge is 0.295 e. The van der Waals surface area contributed by atoms with Crippen molar-refractivity contribution >= 4 is 0 Å². The van der Waals surface area contributed by atoms with Gasteiger partial charge in [0, 0.05) is 6.54 Å². The lowest BCUT2D eigenvalue weighted by Crippen LogP contribution is -2.37. The van der Waals surface area contributed by atoms with Crippen molar-refractivity contribution in [2.75, 3.05) is 19.6 Å². The fourth-order valence-electron chi connectivity index (χ4n) is 2.00. The molecule has 0 aromatic carbocycles. The fourth-order valence-corrected chi connectivity index (χ4v) is 2.00. The van der Waals surface area contributed by atoms with E-state index in [1.54, 1.807) is 0 Å². The molecule has 0 aromatic rings. The number of rotatable bonds is 1. The zero-order valence-corrected chi connectivity index (χ0v) is 8.77. The van der Waals surface area contributed by atoms with Crippen molar-refractivity contribution in [2.45, 2.75) is 32.9 Å². The first kappa shape index (κ1) is 11.8. The molecule has 1 rings (SSSR count).